The van der Waals surface area contributed by atoms with Gasteiger partial charge < -0.3 is 10.4 Å². The van der Waals surface area contributed by atoms with E-state index >= 15 is 0 Å². The molecule has 0 atom stereocenters. The van der Waals surface area contributed by atoms with Gasteiger partial charge in [-0.1, -0.05) is 45.0 Å². The van der Waals surface area contributed by atoms with Crippen LogP contribution in [0, 0.1) is 13.8 Å². The van der Waals surface area contributed by atoms with Gasteiger partial charge in [-0.15, -0.1) is 0 Å². The molecular weight excluding hydrogens is 298 g/mol. The first-order chi connectivity index (χ1) is 11.4. The molecule has 0 amide bonds. The highest BCUT2D eigenvalue weighted by Crippen LogP contribution is 2.26. The van der Waals surface area contributed by atoms with E-state index in [1.54, 1.807) is 0 Å². The van der Waals surface area contributed by atoms with Crippen LogP contribution in [0.2, 0.25) is 0 Å². The number of hydrogen-bond donors (Lipinski definition) is 2. The Balaban J connectivity index is 1.95. The summed E-state index contributed by atoms with van der Waals surface area (Å²) in [5, 5.41) is 17.1. The molecule has 24 heavy (non-hydrogen) atoms. The summed E-state index contributed by atoms with van der Waals surface area (Å²) in [6.45, 7) is 13.2. The van der Waals surface area contributed by atoms with E-state index in [1.165, 1.54) is 16.7 Å². The van der Waals surface area contributed by atoms with E-state index in [-0.39, 0.29) is 12.0 Å². The maximum absolute atomic E-state index is 9.09. The zero-order valence-electron chi connectivity index (χ0n) is 15.7. The first kappa shape index (κ1) is 18.7. The van der Waals surface area contributed by atoms with Crippen LogP contribution in [0.1, 0.15) is 55.3 Å². The topological polar surface area (TPSA) is 50.1 Å². The van der Waals surface area contributed by atoms with Crippen molar-refractivity contribution in [2.75, 3.05) is 6.61 Å². The largest absolute Gasteiger partial charge is 0.394 e. The van der Waals surface area contributed by atoms with Gasteiger partial charge in [0, 0.05) is 24.3 Å². The Morgan fingerprint density at radius 2 is 1.79 bits per heavy atom. The monoisotopic (exact) mass is 329 g/mol. The van der Waals surface area contributed by atoms with Gasteiger partial charge in [-0.25, -0.2) is 0 Å². The average Bonchev–Trinajstić information content (AvgIpc) is 2.83. The third-order valence-corrected chi connectivity index (χ3v) is 5.09. The molecule has 1 aromatic carbocycles. The highest BCUT2D eigenvalue weighted by atomic mass is 16.3. The Kier molecular flexibility index (Phi) is 6.19. The normalized spacial score (nSPS) is 11.9. The van der Waals surface area contributed by atoms with Crippen molar-refractivity contribution in [1.29, 1.82) is 0 Å². The van der Waals surface area contributed by atoms with E-state index in [1.807, 2.05) is 11.6 Å². The number of nitrogens with zero attached hydrogens (tertiary/aromatic N) is 2. The Morgan fingerprint density at radius 3 is 2.38 bits per heavy atom. The van der Waals surface area contributed by atoms with Crippen molar-refractivity contribution in [3.05, 3.63) is 52.3 Å². The van der Waals surface area contributed by atoms with Gasteiger partial charge in [0.15, 0.2) is 0 Å². The molecule has 4 heteroatoms. The predicted molar refractivity (Wildman–Crippen MR) is 99.1 cm³/mol. The smallest absolute Gasteiger partial charge is 0.0644 e. The Hall–Kier alpha value is -1.65. The number of aryl methyl sites for hydroxylation is 1. The molecule has 132 valence electrons. The van der Waals surface area contributed by atoms with Crippen molar-refractivity contribution in [2.24, 2.45) is 0 Å². The maximum atomic E-state index is 9.09. The number of aliphatic hydroxyl groups excluding tert-OH is 1. The molecule has 0 aliphatic carbocycles. The van der Waals surface area contributed by atoms with Gasteiger partial charge in [-0.3, -0.25) is 4.68 Å². The van der Waals surface area contributed by atoms with Crippen LogP contribution < -0.4 is 5.32 Å². The minimum absolute atomic E-state index is 0.120. The van der Waals surface area contributed by atoms with Crippen molar-refractivity contribution < 1.29 is 5.11 Å². The third kappa shape index (κ3) is 4.25. The molecule has 0 aliphatic rings. The fourth-order valence-electron chi connectivity index (χ4n) is 2.91. The van der Waals surface area contributed by atoms with Crippen LogP contribution in [0.5, 0.6) is 0 Å². The minimum atomic E-state index is 0.120. The van der Waals surface area contributed by atoms with Crippen molar-refractivity contribution >= 4 is 0 Å². The molecular formula is C20H31N3O. The predicted octanol–water partition coefficient (Wildman–Crippen LogP) is 3.47. The van der Waals surface area contributed by atoms with Crippen LogP contribution in [0.3, 0.4) is 0 Å². The summed E-state index contributed by atoms with van der Waals surface area (Å²) < 4.78 is 1.88. The van der Waals surface area contributed by atoms with E-state index in [0.717, 1.165) is 30.9 Å². The first-order valence-corrected chi connectivity index (χ1v) is 8.83. The number of aliphatic hydroxyl groups is 1. The molecule has 0 saturated carbocycles. The summed E-state index contributed by atoms with van der Waals surface area (Å²) in [7, 11) is 0. The van der Waals surface area contributed by atoms with E-state index in [4.69, 9.17) is 5.11 Å². The SMILES string of the molecule is CCC(C)(C)c1ccc(CNCc2c(C)nn(CCO)c2C)cc1. The zero-order chi connectivity index (χ0) is 17.7. The average molecular weight is 329 g/mol. The van der Waals surface area contributed by atoms with Crippen LogP contribution in [-0.2, 0) is 25.0 Å². The summed E-state index contributed by atoms with van der Waals surface area (Å²) >= 11 is 0. The summed E-state index contributed by atoms with van der Waals surface area (Å²) in [4.78, 5) is 0. The number of benzene rings is 1. The molecule has 0 fully saturated rings. The molecule has 0 saturated heterocycles. The van der Waals surface area contributed by atoms with Gasteiger partial charge in [0.2, 0.25) is 0 Å². The molecule has 2 aromatic rings. The summed E-state index contributed by atoms with van der Waals surface area (Å²) in [5.74, 6) is 0. The standard InChI is InChI=1S/C20H31N3O/c1-6-20(4,5)18-9-7-17(8-10-18)13-21-14-19-15(2)22-23(11-12-24)16(19)3/h7-10,21,24H,6,11-14H2,1-5H3. The quantitative estimate of drug-likeness (QED) is 0.780. The number of rotatable bonds is 8. The van der Waals surface area contributed by atoms with Crippen LogP contribution in [-0.4, -0.2) is 21.5 Å². The summed E-state index contributed by atoms with van der Waals surface area (Å²) in [6.07, 6.45) is 1.14. The molecule has 1 heterocycles. The molecule has 4 nitrogen and oxygen atoms in total. The zero-order valence-corrected chi connectivity index (χ0v) is 15.7. The highest BCUT2D eigenvalue weighted by Gasteiger charge is 2.17. The van der Waals surface area contributed by atoms with Crippen LogP contribution in [0.4, 0.5) is 0 Å². The maximum Gasteiger partial charge on any atom is 0.0644 e. The molecule has 1 aromatic heterocycles. The van der Waals surface area contributed by atoms with Crippen molar-refractivity contribution in [2.45, 2.75) is 66.1 Å². The lowest BCUT2D eigenvalue weighted by Gasteiger charge is -2.23. The highest BCUT2D eigenvalue weighted by molar-refractivity contribution is 5.28. The summed E-state index contributed by atoms with van der Waals surface area (Å²) in [6, 6.07) is 8.93. The Labute approximate surface area is 145 Å². The number of nitrogens with one attached hydrogen (secondary N) is 1. The Morgan fingerprint density at radius 1 is 1.12 bits per heavy atom. The molecule has 0 unspecified atom stereocenters. The van der Waals surface area contributed by atoms with Gasteiger partial charge >= 0.3 is 0 Å². The van der Waals surface area contributed by atoms with E-state index in [2.05, 4.69) is 62.4 Å². The van der Waals surface area contributed by atoms with Crippen LogP contribution >= 0.6 is 0 Å². The molecule has 0 bridgehead atoms. The Bertz CT molecular complexity index is 656. The van der Waals surface area contributed by atoms with Gasteiger partial charge in [0.1, 0.15) is 0 Å². The van der Waals surface area contributed by atoms with Crippen molar-refractivity contribution in [3.8, 4) is 0 Å². The van der Waals surface area contributed by atoms with Crippen molar-refractivity contribution in [1.82, 2.24) is 15.1 Å². The van der Waals surface area contributed by atoms with E-state index < -0.39 is 0 Å². The second kappa shape index (κ2) is 7.95. The second-order valence-electron chi connectivity index (χ2n) is 7.13. The van der Waals surface area contributed by atoms with Crippen molar-refractivity contribution in [3.63, 3.8) is 0 Å². The molecule has 0 spiro atoms. The van der Waals surface area contributed by atoms with Gasteiger partial charge in [0.25, 0.3) is 0 Å². The van der Waals surface area contributed by atoms with Crippen LogP contribution in [0.25, 0.3) is 0 Å². The van der Waals surface area contributed by atoms with Gasteiger partial charge in [0.05, 0.1) is 18.8 Å². The summed E-state index contributed by atoms with van der Waals surface area (Å²) in [5.41, 5.74) is 6.32. The van der Waals surface area contributed by atoms with E-state index in [9.17, 15) is 0 Å². The van der Waals surface area contributed by atoms with Gasteiger partial charge in [-0.2, -0.15) is 5.10 Å². The first-order valence-electron chi connectivity index (χ1n) is 8.83. The molecule has 0 radical (unpaired) electrons. The second-order valence-corrected chi connectivity index (χ2v) is 7.13. The number of aromatic nitrogens is 2. The number of hydrogen-bond acceptors (Lipinski definition) is 3. The fraction of sp³-hybridized carbons (Fsp3) is 0.550. The molecule has 0 aliphatic heterocycles. The van der Waals surface area contributed by atoms with Crippen LogP contribution in [0.15, 0.2) is 24.3 Å². The fourth-order valence-corrected chi connectivity index (χ4v) is 2.91. The minimum Gasteiger partial charge on any atom is -0.394 e. The lowest BCUT2D eigenvalue weighted by molar-refractivity contribution is 0.267. The van der Waals surface area contributed by atoms with Gasteiger partial charge in [-0.05, 0) is 36.8 Å². The molecule has 2 rings (SSSR count). The third-order valence-electron chi connectivity index (χ3n) is 5.09. The van der Waals surface area contributed by atoms with E-state index in [0.29, 0.717) is 6.54 Å². The lowest BCUT2D eigenvalue weighted by Crippen LogP contribution is -2.16. The molecule has 2 N–H and O–H groups in total. The lowest BCUT2D eigenvalue weighted by atomic mass is 9.82.